The zero-order valence-electron chi connectivity index (χ0n) is 10.7. The molecule has 2 rings (SSSR count). The summed E-state index contributed by atoms with van der Waals surface area (Å²) in [6.45, 7) is 2.15. The predicted molar refractivity (Wildman–Crippen MR) is 71.3 cm³/mol. The molecule has 1 saturated carbocycles. The molecular weight excluding hydrogens is 210 g/mol. The summed E-state index contributed by atoms with van der Waals surface area (Å²) >= 11 is 0. The lowest BCUT2D eigenvalue weighted by Crippen LogP contribution is -2.24. The maximum Gasteiger partial charge on any atom is 0.118 e. The van der Waals surface area contributed by atoms with Crippen LogP contribution in [0.4, 0.5) is 0 Å². The Kier molecular flexibility index (Phi) is 4.87. The van der Waals surface area contributed by atoms with Crippen molar-refractivity contribution in [2.24, 2.45) is 5.92 Å². The van der Waals surface area contributed by atoms with Crippen molar-refractivity contribution in [3.63, 3.8) is 0 Å². The minimum Gasteiger partial charge on any atom is -0.497 e. The second kappa shape index (κ2) is 6.65. The van der Waals surface area contributed by atoms with Crippen LogP contribution in [0.3, 0.4) is 0 Å². The Morgan fingerprint density at radius 2 is 1.82 bits per heavy atom. The standard InChI is InChI=1S/C15H23NO/c1-17-15-9-7-14(8-10-15)12-16-11-13-5-3-2-4-6-13/h7-10,13,16H,2-6,11-12H2,1H3. The second-order valence-corrected chi connectivity index (χ2v) is 4.98. The van der Waals surface area contributed by atoms with E-state index < -0.39 is 0 Å². The molecule has 1 fully saturated rings. The van der Waals surface area contributed by atoms with Gasteiger partial charge in [0.05, 0.1) is 7.11 Å². The minimum atomic E-state index is 0.905. The molecule has 0 aliphatic heterocycles. The van der Waals surface area contributed by atoms with E-state index in [2.05, 4.69) is 17.4 Å². The molecular formula is C15H23NO. The van der Waals surface area contributed by atoms with Crippen LogP contribution < -0.4 is 10.1 Å². The Balaban J connectivity index is 1.69. The third-order valence-electron chi connectivity index (χ3n) is 3.65. The molecule has 0 radical (unpaired) electrons. The van der Waals surface area contributed by atoms with Gasteiger partial charge in [-0.2, -0.15) is 0 Å². The average Bonchev–Trinajstić information content (AvgIpc) is 2.41. The van der Waals surface area contributed by atoms with Crippen molar-refractivity contribution in [2.75, 3.05) is 13.7 Å². The van der Waals surface area contributed by atoms with Gasteiger partial charge in [-0.25, -0.2) is 0 Å². The van der Waals surface area contributed by atoms with Crippen molar-refractivity contribution in [1.29, 1.82) is 0 Å². The van der Waals surface area contributed by atoms with E-state index in [1.165, 1.54) is 44.2 Å². The average molecular weight is 233 g/mol. The Morgan fingerprint density at radius 1 is 1.12 bits per heavy atom. The van der Waals surface area contributed by atoms with Crippen molar-refractivity contribution >= 4 is 0 Å². The molecule has 0 aromatic heterocycles. The Bertz CT molecular complexity index is 314. The van der Waals surface area contributed by atoms with Gasteiger partial charge in [0.25, 0.3) is 0 Å². The fourth-order valence-corrected chi connectivity index (χ4v) is 2.56. The van der Waals surface area contributed by atoms with Crippen LogP contribution in [0.25, 0.3) is 0 Å². The van der Waals surface area contributed by atoms with Crippen molar-refractivity contribution < 1.29 is 4.74 Å². The van der Waals surface area contributed by atoms with E-state index in [9.17, 15) is 0 Å². The molecule has 0 unspecified atom stereocenters. The summed E-state index contributed by atoms with van der Waals surface area (Å²) in [7, 11) is 1.70. The van der Waals surface area contributed by atoms with Crippen LogP contribution in [-0.2, 0) is 6.54 Å². The summed E-state index contributed by atoms with van der Waals surface area (Å²) in [5, 5.41) is 3.57. The fourth-order valence-electron chi connectivity index (χ4n) is 2.56. The monoisotopic (exact) mass is 233 g/mol. The molecule has 0 bridgehead atoms. The van der Waals surface area contributed by atoms with Gasteiger partial charge in [0.2, 0.25) is 0 Å². The Labute approximate surface area is 104 Å². The number of hydrogen-bond donors (Lipinski definition) is 1. The first-order valence-electron chi connectivity index (χ1n) is 6.72. The molecule has 1 aromatic carbocycles. The molecule has 0 saturated heterocycles. The first-order valence-corrected chi connectivity index (χ1v) is 6.72. The van der Waals surface area contributed by atoms with E-state index in [1.807, 2.05) is 12.1 Å². The van der Waals surface area contributed by atoms with Gasteiger partial charge in [-0.15, -0.1) is 0 Å². The van der Waals surface area contributed by atoms with Gasteiger partial charge in [-0.05, 0) is 43.0 Å². The predicted octanol–water partition coefficient (Wildman–Crippen LogP) is 3.37. The smallest absolute Gasteiger partial charge is 0.118 e. The zero-order chi connectivity index (χ0) is 11.9. The SMILES string of the molecule is COc1ccc(CNCC2CCCCC2)cc1. The summed E-state index contributed by atoms with van der Waals surface area (Å²) in [6, 6.07) is 8.31. The lowest BCUT2D eigenvalue weighted by molar-refractivity contribution is 0.342. The topological polar surface area (TPSA) is 21.3 Å². The fraction of sp³-hybridized carbons (Fsp3) is 0.600. The highest BCUT2D eigenvalue weighted by molar-refractivity contribution is 5.26. The molecule has 1 aliphatic rings. The molecule has 17 heavy (non-hydrogen) atoms. The number of ether oxygens (including phenoxy) is 1. The van der Waals surface area contributed by atoms with Gasteiger partial charge >= 0.3 is 0 Å². The van der Waals surface area contributed by atoms with Crippen LogP contribution >= 0.6 is 0 Å². The molecule has 0 atom stereocenters. The van der Waals surface area contributed by atoms with Crippen LogP contribution in [0.15, 0.2) is 24.3 Å². The maximum absolute atomic E-state index is 5.15. The molecule has 0 heterocycles. The Hall–Kier alpha value is -1.02. The molecule has 1 aliphatic carbocycles. The highest BCUT2D eigenvalue weighted by Crippen LogP contribution is 2.22. The van der Waals surface area contributed by atoms with Crippen molar-refractivity contribution in [3.05, 3.63) is 29.8 Å². The van der Waals surface area contributed by atoms with Crippen molar-refractivity contribution in [1.82, 2.24) is 5.32 Å². The lowest BCUT2D eigenvalue weighted by atomic mass is 9.89. The summed E-state index contributed by atoms with van der Waals surface area (Å²) < 4.78 is 5.15. The first kappa shape index (κ1) is 12.4. The lowest BCUT2D eigenvalue weighted by Gasteiger charge is -2.21. The first-order chi connectivity index (χ1) is 8.38. The number of nitrogens with one attached hydrogen (secondary N) is 1. The normalized spacial score (nSPS) is 17.0. The van der Waals surface area contributed by atoms with Gasteiger partial charge in [0.15, 0.2) is 0 Å². The molecule has 1 aromatic rings. The van der Waals surface area contributed by atoms with Crippen molar-refractivity contribution in [3.8, 4) is 5.75 Å². The molecule has 0 amide bonds. The van der Waals surface area contributed by atoms with Crippen LogP contribution in [0.5, 0.6) is 5.75 Å². The summed E-state index contributed by atoms with van der Waals surface area (Å²) in [4.78, 5) is 0. The Morgan fingerprint density at radius 3 is 2.47 bits per heavy atom. The maximum atomic E-state index is 5.15. The van der Waals surface area contributed by atoms with Gasteiger partial charge in [0, 0.05) is 6.54 Å². The zero-order valence-corrected chi connectivity index (χ0v) is 10.7. The van der Waals surface area contributed by atoms with Gasteiger partial charge in [-0.1, -0.05) is 31.4 Å². The highest BCUT2D eigenvalue weighted by Gasteiger charge is 2.12. The van der Waals surface area contributed by atoms with Crippen LogP contribution in [0, 0.1) is 5.92 Å². The summed E-state index contributed by atoms with van der Waals surface area (Å²) in [5.41, 5.74) is 1.33. The number of hydrogen-bond acceptors (Lipinski definition) is 2. The highest BCUT2D eigenvalue weighted by atomic mass is 16.5. The van der Waals surface area contributed by atoms with E-state index in [4.69, 9.17) is 4.74 Å². The van der Waals surface area contributed by atoms with Crippen LogP contribution in [0.1, 0.15) is 37.7 Å². The number of benzene rings is 1. The molecule has 2 nitrogen and oxygen atoms in total. The molecule has 1 N–H and O–H groups in total. The van der Waals surface area contributed by atoms with Gasteiger partial charge in [-0.3, -0.25) is 0 Å². The molecule has 2 heteroatoms. The van der Waals surface area contributed by atoms with E-state index in [1.54, 1.807) is 7.11 Å². The molecule has 94 valence electrons. The summed E-state index contributed by atoms with van der Waals surface area (Å²) in [6.07, 6.45) is 7.12. The van der Waals surface area contributed by atoms with E-state index in [0.29, 0.717) is 0 Å². The van der Waals surface area contributed by atoms with E-state index >= 15 is 0 Å². The third kappa shape index (κ3) is 4.04. The van der Waals surface area contributed by atoms with E-state index in [0.717, 1.165) is 18.2 Å². The van der Waals surface area contributed by atoms with Gasteiger partial charge in [0.1, 0.15) is 5.75 Å². The van der Waals surface area contributed by atoms with Crippen molar-refractivity contribution in [2.45, 2.75) is 38.6 Å². The quantitative estimate of drug-likeness (QED) is 0.842. The number of rotatable bonds is 5. The van der Waals surface area contributed by atoms with Crippen LogP contribution in [0.2, 0.25) is 0 Å². The largest absolute Gasteiger partial charge is 0.497 e. The second-order valence-electron chi connectivity index (χ2n) is 4.98. The third-order valence-corrected chi connectivity index (χ3v) is 3.65. The number of methoxy groups -OCH3 is 1. The van der Waals surface area contributed by atoms with E-state index in [-0.39, 0.29) is 0 Å². The molecule has 0 spiro atoms. The van der Waals surface area contributed by atoms with Crippen LogP contribution in [-0.4, -0.2) is 13.7 Å². The van der Waals surface area contributed by atoms with Gasteiger partial charge < -0.3 is 10.1 Å². The summed E-state index contributed by atoms with van der Waals surface area (Å²) in [5.74, 6) is 1.84. The minimum absolute atomic E-state index is 0.905.